The fourth-order valence-electron chi connectivity index (χ4n) is 2.92. The SMILES string of the molecule is C[C@H]1CNCCN1C(=O)[C@H]1SCCc2ccccc21. The lowest BCUT2D eigenvalue weighted by atomic mass is 10.00. The third kappa shape index (κ3) is 2.51. The van der Waals surface area contributed by atoms with Gasteiger partial charge in [-0.2, -0.15) is 0 Å². The van der Waals surface area contributed by atoms with Gasteiger partial charge in [-0.15, -0.1) is 11.8 Å². The van der Waals surface area contributed by atoms with Crippen LogP contribution >= 0.6 is 11.8 Å². The molecule has 1 fully saturated rings. The Labute approximate surface area is 118 Å². The highest BCUT2D eigenvalue weighted by molar-refractivity contribution is 8.00. The zero-order valence-corrected chi connectivity index (χ0v) is 12.1. The van der Waals surface area contributed by atoms with Crippen LogP contribution in [0.25, 0.3) is 0 Å². The molecule has 0 unspecified atom stereocenters. The molecule has 1 N–H and O–H groups in total. The summed E-state index contributed by atoms with van der Waals surface area (Å²) in [6.07, 6.45) is 1.09. The fourth-order valence-corrected chi connectivity index (χ4v) is 4.18. The smallest absolute Gasteiger partial charge is 0.240 e. The molecule has 1 amide bonds. The molecule has 4 heteroatoms. The number of hydrogen-bond donors (Lipinski definition) is 1. The van der Waals surface area contributed by atoms with Gasteiger partial charge in [0.15, 0.2) is 0 Å². The molecule has 2 heterocycles. The highest BCUT2D eigenvalue weighted by Gasteiger charge is 2.33. The van der Waals surface area contributed by atoms with Gasteiger partial charge in [0.1, 0.15) is 5.25 Å². The first-order valence-electron chi connectivity index (χ1n) is 6.98. The maximum atomic E-state index is 12.8. The predicted molar refractivity (Wildman–Crippen MR) is 79.4 cm³/mol. The number of piperazine rings is 1. The van der Waals surface area contributed by atoms with E-state index in [2.05, 4.69) is 35.3 Å². The van der Waals surface area contributed by atoms with Crippen molar-refractivity contribution in [1.29, 1.82) is 0 Å². The van der Waals surface area contributed by atoms with Crippen LogP contribution in [-0.2, 0) is 11.2 Å². The lowest BCUT2D eigenvalue weighted by Gasteiger charge is -2.37. The van der Waals surface area contributed by atoms with E-state index in [1.165, 1.54) is 11.1 Å². The zero-order valence-electron chi connectivity index (χ0n) is 11.3. The Bertz CT molecular complexity index is 477. The van der Waals surface area contributed by atoms with Crippen LogP contribution in [-0.4, -0.2) is 42.2 Å². The number of nitrogens with zero attached hydrogens (tertiary/aromatic N) is 1. The lowest BCUT2D eigenvalue weighted by Crippen LogP contribution is -2.53. The van der Waals surface area contributed by atoms with Crippen molar-refractivity contribution in [2.24, 2.45) is 0 Å². The van der Waals surface area contributed by atoms with Crippen molar-refractivity contribution in [2.75, 3.05) is 25.4 Å². The first kappa shape index (κ1) is 13.0. The summed E-state index contributed by atoms with van der Waals surface area (Å²) in [6.45, 7) is 4.78. The number of carbonyl (C=O) groups excluding carboxylic acids is 1. The van der Waals surface area contributed by atoms with E-state index in [1.807, 2.05) is 6.07 Å². The van der Waals surface area contributed by atoms with Crippen molar-refractivity contribution in [3.8, 4) is 0 Å². The Kier molecular flexibility index (Phi) is 3.80. The first-order chi connectivity index (χ1) is 9.27. The fraction of sp³-hybridized carbons (Fsp3) is 0.533. The summed E-state index contributed by atoms with van der Waals surface area (Å²) in [7, 11) is 0. The van der Waals surface area contributed by atoms with E-state index in [9.17, 15) is 4.79 Å². The molecule has 2 atom stereocenters. The number of aryl methyl sites for hydroxylation is 1. The summed E-state index contributed by atoms with van der Waals surface area (Å²) in [5.74, 6) is 1.35. The molecule has 0 radical (unpaired) electrons. The summed E-state index contributed by atoms with van der Waals surface area (Å²) < 4.78 is 0. The Morgan fingerprint density at radius 2 is 2.26 bits per heavy atom. The molecule has 3 nitrogen and oxygen atoms in total. The van der Waals surface area contributed by atoms with Crippen molar-refractivity contribution < 1.29 is 4.79 Å². The highest BCUT2D eigenvalue weighted by atomic mass is 32.2. The normalized spacial score (nSPS) is 26.9. The minimum Gasteiger partial charge on any atom is -0.336 e. The zero-order chi connectivity index (χ0) is 13.2. The van der Waals surface area contributed by atoms with E-state index in [0.29, 0.717) is 11.9 Å². The van der Waals surface area contributed by atoms with Gasteiger partial charge < -0.3 is 10.2 Å². The van der Waals surface area contributed by atoms with Gasteiger partial charge in [-0.3, -0.25) is 4.79 Å². The second-order valence-electron chi connectivity index (χ2n) is 5.28. The summed E-state index contributed by atoms with van der Waals surface area (Å²) in [6, 6.07) is 8.71. The number of carbonyl (C=O) groups is 1. The number of benzene rings is 1. The third-order valence-corrected chi connectivity index (χ3v) is 5.23. The van der Waals surface area contributed by atoms with Crippen LogP contribution in [0.4, 0.5) is 0 Å². The third-order valence-electron chi connectivity index (χ3n) is 4.00. The van der Waals surface area contributed by atoms with Gasteiger partial charge in [0.05, 0.1) is 0 Å². The number of nitrogens with one attached hydrogen (secondary N) is 1. The second kappa shape index (κ2) is 5.55. The summed E-state index contributed by atoms with van der Waals surface area (Å²) in [5.41, 5.74) is 2.58. The monoisotopic (exact) mass is 276 g/mol. The molecule has 0 aliphatic carbocycles. The predicted octanol–water partition coefficient (Wildman–Crippen LogP) is 1.84. The molecule has 102 valence electrons. The maximum absolute atomic E-state index is 12.8. The van der Waals surface area contributed by atoms with Crippen molar-refractivity contribution in [3.05, 3.63) is 35.4 Å². The molecule has 0 spiro atoms. The van der Waals surface area contributed by atoms with Gasteiger partial charge in [0.2, 0.25) is 5.91 Å². The van der Waals surface area contributed by atoms with Gasteiger partial charge >= 0.3 is 0 Å². The van der Waals surface area contributed by atoms with Crippen LogP contribution in [0, 0.1) is 0 Å². The molecule has 1 aromatic rings. The van der Waals surface area contributed by atoms with Crippen molar-refractivity contribution in [3.63, 3.8) is 0 Å². The van der Waals surface area contributed by atoms with Crippen LogP contribution in [0.2, 0.25) is 0 Å². The molecular weight excluding hydrogens is 256 g/mol. The molecule has 1 aromatic carbocycles. The standard InChI is InChI=1S/C15H20N2OS/c1-11-10-16-7-8-17(11)15(18)14-13-5-3-2-4-12(13)6-9-19-14/h2-5,11,14,16H,6-10H2,1H3/t11-,14-/m0/s1. The minimum absolute atomic E-state index is 0.00509. The number of hydrogen-bond acceptors (Lipinski definition) is 3. The van der Waals surface area contributed by atoms with Gasteiger partial charge in [0, 0.05) is 25.7 Å². The number of amides is 1. The van der Waals surface area contributed by atoms with Crippen LogP contribution in [0.3, 0.4) is 0 Å². The molecule has 19 heavy (non-hydrogen) atoms. The first-order valence-corrected chi connectivity index (χ1v) is 8.03. The quantitative estimate of drug-likeness (QED) is 0.849. The van der Waals surface area contributed by atoms with E-state index in [0.717, 1.165) is 31.8 Å². The van der Waals surface area contributed by atoms with Crippen LogP contribution < -0.4 is 5.32 Å². The Hall–Kier alpha value is -1.00. The average Bonchev–Trinajstić information content (AvgIpc) is 2.46. The molecule has 0 aromatic heterocycles. The van der Waals surface area contributed by atoms with Crippen molar-refractivity contribution in [2.45, 2.75) is 24.6 Å². The summed E-state index contributed by atoms with van der Waals surface area (Å²) in [4.78, 5) is 14.9. The Balaban J connectivity index is 1.84. The van der Waals surface area contributed by atoms with Crippen LogP contribution in [0.5, 0.6) is 0 Å². The molecule has 2 aliphatic rings. The maximum Gasteiger partial charge on any atom is 0.240 e. The molecule has 0 saturated carbocycles. The summed E-state index contributed by atoms with van der Waals surface area (Å²) in [5, 5.41) is 3.35. The van der Waals surface area contributed by atoms with Crippen LogP contribution in [0.15, 0.2) is 24.3 Å². The van der Waals surface area contributed by atoms with E-state index in [4.69, 9.17) is 0 Å². The Morgan fingerprint density at radius 1 is 1.42 bits per heavy atom. The van der Waals surface area contributed by atoms with Gasteiger partial charge in [-0.25, -0.2) is 0 Å². The Morgan fingerprint density at radius 3 is 3.11 bits per heavy atom. The molecular formula is C15H20N2OS. The molecule has 0 bridgehead atoms. The van der Waals surface area contributed by atoms with Crippen molar-refractivity contribution >= 4 is 17.7 Å². The highest BCUT2D eigenvalue weighted by Crippen LogP contribution is 2.38. The van der Waals surface area contributed by atoms with Gasteiger partial charge in [0.25, 0.3) is 0 Å². The van der Waals surface area contributed by atoms with Crippen LogP contribution in [0.1, 0.15) is 23.3 Å². The lowest BCUT2D eigenvalue weighted by molar-refractivity contribution is -0.133. The van der Waals surface area contributed by atoms with E-state index in [-0.39, 0.29) is 5.25 Å². The topological polar surface area (TPSA) is 32.3 Å². The molecule has 2 aliphatic heterocycles. The van der Waals surface area contributed by atoms with Gasteiger partial charge in [-0.1, -0.05) is 24.3 Å². The minimum atomic E-state index is 0.00509. The van der Waals surface area contributed by atoms with Gasteiger partial charge in [-0.05, 0) is 30.2 Å². The van der Waals surface area contributed by atoms with E-state index >= 15 is 0 Å². The van der Waals surface area contributed by atoms with E-state index < -0.39 is 0 Å². The molecule has 1 saturated heterocycles. The van der Waals surface area contributed by atoms with Crippen molar-refractivity contribution in [1.82, 2.24) is 10.2 Å². The largest absolute Gasteiger partial charge is 0.336 e. The average molecular weight is 276 g/mol. The molecule has 3 rings (SSSR count). The second-order valence-corrected chi connectivity index (χ2v) is 6.50. The number of thioether (sulfide) groups is 1. The number of fused-ring (bicyclic) bond motifs is 1. The number of rotatable bonds is 1. The van der Waals surface area contributed by atoms with E-state index in [1.54, 1.807) is 11.8 Å². The summed E-state index contributed by atoms with van der Waals surface area (Å²) >= 11 is 1.80.